The zero-order valence-corrected chi connectivity index (χ0v) is 38.8. The van der Waals surface area contributed by atoms with E-state index in [2.05, 4.69) is 37.5 Å². The van der Waals surface area contributed by atoms with Gasteiger partial charge >= 0.3 is 0 Å². The summed E-state index contributed by atoms with van der Waals surface area (Å²) in [6, 6.07) is 40.4. The Balaban J connectivity index is 1.12. The molecule has 11 aromatic rings. The second-order valence-electron chi connectivity index (χ2n) is 19.3. The van der Waals surface area contributed by atoms with Gasteiger partial charge < -0.3 is 4.74 Å². The van der Waals surface area contributed by atoms with Gasteiger partial charge in [0.05, 0.1) is 17.9 Å². The van der Waals surface area contributed by atoms with Gasteiger partial charge in [-0.2, -0.15) is 9.13 Å². The molecule has 1 aliphatic heterocycles. The van der Waals surface area contributed by atoms with Gasteiger partial charge in [0.1, 0.15) is 28.7 Å². The summed E-state index contributed by atoms with van der Waals surface area (Å²) in [7, 11) is 0. The molecule has 5 nitrogen and oxygen atoms in total. The Hall–Kier alpha value is -8.02. The normalized spacial score (nSPS) is 21.0. The van der Waals surface area contributed by atoms with E-state index in [4.69, 9.17) is 30.3 Å². The first-order chi connectivity index (χ1) is 42.9. The number of nitrogens with zero attached hydrogens (tertiary/aromatic N) is 4. The average Bonchev–Trinajstić information content (AvgIpc) is 0.755. The number of pyridine rings is 1. The minimum absolute atomic E-state index is 0.0119. The Bertz CT molecular complexity index is 4870. The average molecular weight is 943 g/mol. The molecule has 0 saturated carbocycles. The summed E-state index contributed by atoms with van der Waals surface area (Å²) < 4.78 is 205. The first-order valence-electron chi connectivity index (χ1n) is 33.8. The van der Waals surface area contributed by atoms with Gasteiger partial charge in [0, 0.05) is 67.7 Å². The van der Waals surface area contributed by atoms with E-state index in [-0.39, 0.29) is 44.5 Å². The van der Waals surface area contributed by atoms with Crippen LogP contribution in [0.5, 0.6) is 11.5 Å². The van der Waals surface area contributed by atoms with Crippen LogP contribution in [0.3, 0.4) is 0 Å². The number of para-hydroxylation sites is 3. The Labute approximate surface area is 445 Å². The molecule has 0 amide bonds. The van der Waals surface area contributed by atoms with Crippen LogP contribution in [0.25, 0.3) is 94.5 Å². The van der Waals surface area contributed by atoms with Gasteiger partial charge in [0.25, 0.3) is 6.33 Å². The summed E-state index contributed by atoms with van der Waals surface area (Å²) in [6.45, 7) is -9.84. The molecular weight excluding hydrogens is 865 g/mol. The van der Waals surface area contributed by atoms with Gasteiger partial charge in [0.2, 0.25) is 0 Å². The second kappa shape index (κ2) is 15.7. The van der Waals surface area contributed by atoms with Gasteiger partial charge in [-0.1, -0.05) is 151 Å². The van der Waals surface area contributed by atoms with E-state index < -0.39 is 92.3 Å². The van der Waals surface area contributed by atoms with Gasteiger partial charge in [-0.15, -0.1) is 0 Å². The summed E-state index contributed by atoms with van der Waals surface area (Å²) >= 11 is 0. The number of hydrogen-bond donors (Lipinski definition) is 0. The molecule has 5 heteroatoms. The molecule has 0 unspecified atom stereocenters. The van der Waals surface area contributed by atoms with E-state index in [1.807, 2.05) is 71.4 Å². The number of imidazole rings is 1. The molecule has 3 aromatic heterocycles. The summed E-state index contributed by atoms with van der Waals surface area (Å²) in [5.74, 6) is 1.64. The molecule has 0 radical (unpaired) electrons. The summed E-state index contributed by atoms with van der Waals surface area (Å²) in [6.07, 6.45) is -5.18. The van der Waals surface area contributed by atoms with Gasteiger partial charge in [-0.05, 0) is 140 Å². The van der Waals surface area contributed by atoms with Crippen molar-refractivity contribution < 1.29 is 38.1 Å². The van der Waals surface area contributed by atoms with Crippen molar-refractivity contribution in [3.05, 3.63) is 211 Å². The standard InChI is InChI=1S/C66H57N4O/c1-64(2,3)43-32-35-67-61(36-43)70-58-28-14-13-24-50(58)51-31-30-46(38-60(51)70)71-45-21-15-20-44(37-45)68-41-69-62-47(42-18-9-8-10-19-42)25-16-26-53(62)55-40-57-56(65(4,5)33-34-66(57,6)7)39-54(55)49-23-12-11-22-48(49)52-27-17-29-59(68)63(52)69/h8-32,35-41H,33-34H2,1-7H3/q+1/i4D3,5D3,6D3,7D3,8D,9D,10D,18D,19D,33D2,34D2. The molecule has 0 N–H and O–H groups in total. The molecule has 4 heterocycles. The number of ether oxygens (including phenoxy) is 1. The lowest BCUT2D eigenvalue weighted by Gasteiger charge is -2.42. The Morgan fingerprint density at radius 1 is 0.592 bits per heavy atom. The monoisotopic (exact) mass is 943 g/mol. The number of benzene rings is 8. The van der Waals surface area contributed by atoms with Crippen molar-refractivity contribution >= 4 is 32.8 Å². The highest BCUT2D eigenvalue weighted by molar-refractivity contribution is 6.09. The lowest BCUT2D eigenvalue weighted by molar-refractivity contribution is -0.566. The van der Waals surface area contributed by atoms with E-state index >= 15 is 0 Å². The van der Waals surface area contributed by atoms with E-state index in [0.29, 0.717) is 39.3 Å². The zero-order chi connectivity index (χ0) is 66.3. The van der Waals surface area contributed by atoms with Crippen molar-refractivity contribution in [2.45, 2.75) is 77.2 Å². The minimum atomic E-state index is -4.36. The van der Waals surface area contributed by atoms with Crippen LogP contribution in [0, 0.1) is 0 Å². The highest BCUT2D eigenvalue weighted by Gasteiger charge is 2.39. The van der Waals surface area contributed by atoms with Crippen LogP contribution < -0.4 is 9.30 Å². The smallest absolute Gasteiger partial charge is 0.255 e. The molecule has 1 aliphatic carbocycles. The van der Waals surface area contributed by atoms with Gasteiger partial charge in [-0.25, -0.2) is 4.98 Å². The Morgan fingerprint density at radius 3 is 2.00 bits per heavy atom. The van der Waals surface area contributed by atoms with Crippen molar-refractivity contribution in [1.29, 1.82) is 0 Å². The van der Waals surface area contributed by atoms with Crippen molar-refractivity contribution in [1.82, 2.24) is 14.1 Å². The van der Waals surface area contributed by atoms with Crippen LogP contribution in [0.2, 0.25) is 0 Å². The van der Waals surface area contributed by atoms with Crippen molar-refractivity contribution in [3.63, 3.8) is 0 Å². The summed E-state index contributed by atoms with van der Waals surface area (Å²) in [5, 5.41) is 1.99. The molecule has 0 atom stereocenters. The molecule has 0 saturated heterocycles. The van der Waals surface area contributed by atoms with E-state index in [1.165, 1.54) is 18.2 Å². The predicted molar refractivity (Wildman–Crippen MR) is 293 cm³/mol. The maximum atomic E-state index is 9.66. The van der Waals surface area contributed by atoms with Crippen LogP contribution in [0.1, 0.15) is 106 Å². The van der Waals surface area contributed by atoms with Crippen LogP contribution >= 0.6 is 0 Å². The molecule has 0 bridgehead atoms. The SMILES string of the molecule is [2H]c1c([2H])c([2H])c(-c2cccc3c2-[n+]2cn(-c4cccc(Oc5ccc6c7ccccc7n(-c7cc(C(C)(C)C)ccn7)c6c5)c4)c4cccc(c42)-c2ccccc2-c2cc4c(cc2-3)C(C([2H])([2H])[2H])(C([2H])([2H])[2H])C([2H])([2H])C([2H])([2H])C4(C([2H])([2H])[2H])C([2H])([2H])[2H])c([2H])c1[2H]. The van der Waals surface area contributed by atoms with Crippen LogP contribution in [0.4, 0.5) is 0 Å². The Morgan fingerprint density at radius 2 is 1.23 bits per heavy atom. The lowest BCUT2D eigenvalue weighted by atomic mass is 9.62. The number of fused-ring (bicyclic) bond motifs is 11. The largest absolute Gasteiger partial charge is 0.457 e. The number of hydrogen-bond acceptors (Lipinski definition) is 2. The van der Waals surface area contributed by atoms with E-state index in [1.54, 1.807) is 59.4 Å². The number of aromatic nitrogens is 4. The van der Waals surface area contributed by atoms with Crippen molar-refractivity contribution in [2.75, 3.05) is 0 Å². The minimum Gasteiger partial charge on any atom is -0.457 e. The Kier molecular flexibility index (Phi) is 5.82. The van der Waals surface area contributed by atoms with Gasteiger partial charge in [-0.3, -0.25) is 4.57 Å². The fourth-order valence-electron chi connectivity index (χ4n) is 10.5. The van der Waals surface area contributed by atoms with Crippen molar-refractivity contribution in [2.24, 2.45) is 0 Å². The third kappa shape index (κ3) is 6.88. The van der Waals surface area contributed by atoms with Gasteiger partial charge in [0.15, 0.2) is 11.0 Å². The highest BCUT2D eigenvalue weighted by Crippen LogP contribution is 2.52. The first-order valence-corrected chi connectivity index (χ1v) is 23.3. The maximum Gasteiger partial charge on any atom is 0.255 e. The third-order valence-corrected chi connectivity index (χ3v) is 13.8. The summed E-state index contributed by atoms with van der Waals surface area (Å²) in [4.78, 5) is 4.84. The van der Waals surface area contributed by atoms with Crippen molar-refractivity contribution in [3.8, 4) is 73.2 Å². The lowest BCUT2D eigenvalue weighted by Crippen LogP contribution is -2.34. The molecular formula is C66H57N4O+. The fraction of sp³-hybridized carbons (Fsp3) is 0.182. The molecule has 2 aliphatic rings. The molecule has 0 fully saturated rings. The predicted octanol–water partition coefficient (Wildman–Crippen LogP) is 16.8. The van der Waals surface area contributed by atoms with Crippen LogP contribution in [0.15, 0.2) is 194 Å². The molecule has 71 heavy (non-hydrogen) atoms. The zero-order valence-electron chi connectivity index (χ0n) is 59.8. The van der Waals surface area contributed by atoms with E-state index in [0.717, 1.165) is 45.3 Å². The van der Waals surface area contributed by atoms with Crippen LogP contribution in [-0.4, -0.2) is 14.1 Å². The second-order valence-corrected chi connectivity index (χ2v) is 19.3. The quantitative estimate of drug-likeness (QED) is 0.161. The topological polar surface area (TPSA) is 35.9 Å². The highest BCUT2D eigenvalue weighted by atomic mass is 16.5. The molecule has 346 valence electrons. The molecule has 0 spiro atoms. The fourth-order valence-corrected chi connectivity index (χ4v) is 10.5. The first kappa shape index (κ1) is 26.3. The summed E-state index contributed by atoms with van der Waals surface area (Å²) in [5.41, 5.74) is -5.45. The number of rotatable bonds is 5. The maximum absolute atomic E-state index is 9.66. The van der Waals surface area contributed by atoms with Crippen LogP contribution in [-0.2, 0) is 16.2 Å². The molecule has 8 aromatic carbocycles. The third-order valence-electron chi connectivity index (χ3n) is 13.8. The van der Waals surface area contributed by atoms with E-state index in [9.17, 15) is 8.22 Å². The molecule has 13 rings (SSSR count).